The zero-order chi connectivity index (χ0) is 28.5. The van der Waals surface area contributed by atoms with Crippen LogP contribution in [-0.2, 0) is 20.8 Å². The molecule has 0 saturated heterocycles. The summed E-state index contributed by atoms with van der Waals surface area (Å²) in [5.74, 6) is -7.02. The van der Waals surface area contributed by atoms with E-state index < -0.39 is 58.0 Å². The molecular weight excluding hydrogens is 504 g/mol. The number of hydrogen-bond donors (Lipinski definition) is 5. The number of carbonyl (C=O) groups is 4. The van der Waals surface area contributed by atoms with Gasteiger partial charge in [0.15, 0.2) is 17.2 Å². The fraction of sp³-hybridized carbons (Fsp3) is 0.310. The average molecular weight is 533 g/mol. The van der Waals surface area contributed by atoms with E-state index in [0.717, 1.165) is 5.56 Å². The van der Waals surface area contributed by atoms with E-state index in [4.69, 9.17) is 5.73 Å². The molecule has 0 bridgehead atoms. The zero-order valence-electron chi connectivity index (χ0n) is 21.6. The van der Waals surface area contributed by atoms with Crippen LogP contribution in [0.25, 0.3) is 16.9 Å². The minimum Gasteiger partial charge on any atom is -0.508 e. The predicted molar refractivity (Wildman–Crippen MR) is 140 cm³/mol. The van der Waals surface area contributed by atoms with Gasteiger partial charge in [0, 0.05) is 17.1 Å². The van der Waals surface area contributed by atoms with E-state index >= 15 is 0 Å². The molecule has 0 heterocycles. The summed E-state index contributed by atoms with van der Waals surface area (Å²) in [5.41, 5.74) is 4.08. The number of aliphatic hydroxyl groups excluding tert-OH is 2. The summed E-state index contributed by atoms with van der Waals surface area (Å²) in [6, 6.07) is 8.75. The Bertz CT molecular complexity index is 1540. The first-order valence-electron chi connectivity index (χ1n) is 12.4. The second kappa shape index (κ2) is 8.89. The van der Waals surface area contributed by atoms with Crippen molar-refractivity contribution < 1.29 is 39.6 Å². The van der Waals surface area contributed by atoms with E-state index in [9.17, 15) is 39.6 Å². The number of nitrogens with zero attached hydrogens (tertiary/aromatic N) is 1. The average Bonchev–Trinajstić information content (AvgIpc) is 2.86. The zero-order valence-corrected chi connectivity index (χ0v) is 21.6. The van der Waals surface area contributed by atoms with Crippen LogP contribution < -0.4 is 5.73 Å². The maximum absolute atomic E-state index is 13.9. The van der Waals surface area contributed by atoms with E-state index in [-0.39, 0.29) is 35.5 Å². The number of phenols is 1. The van der Waals surface area contributed by atoms with E-state index in [1.54, 1.807) is 44.4 Å². The number of aliphatic hydroxyl groups is 3. The number of amides is 1. The number of aromatic hydroxyl groups is 1. The van der Waals surface area contributed by atoms with Crippen molar-refractivity contribution in [2.24, 2.45) is 17.6 Å². The molecule has 10 nitrogen and oxygen atoms in total. The number of likely N-dealkylation sites (N-methyl/N-ethyl adjacent to an activating group) is 1. The molecule has 0 aromatic heterocycles. The molecule has 1 fully saturated rings. The first-order valence-corrected chi connectivity index (χ1v) is 12.4. The summed E-state index contributed by atoms with van der Waals surface area (Å²) in [6.45, 7) is 1.46. The third-order valence-corrected chi connectivity index (χ3v) is 8.21. The minimum absolute atomic E-state index is 0.00410. The highest BCUT2D eigenvalue weighted by molar-refractivity contribution is 6.24. The van der Waals surface area contributed by atoms with Crippen LogP contribution in [0.3, 0.4) is 0 Å². The first kappa shape index (κ1) is 26.3. The summed E-state index contributed by atoms with van der Waals surface area (Å²) in [7, 11) is 3.10. The molecule has 0 spiro atoms. The highest BCUT2D eigenvalue weighted by Gasteiger charge is 2.64. The van der Waals surface area contributed by atoms with E-state index in [1.807, 2.05) is 0 Å². The maximum Gasteiger partial charge on any atom is 0.255 e. The third-order valence-electron chi connectivity index (χ3n) is 8.21. The number of rotatable bonds is 4. The van der Waals surface area contributed by atoms with Gasteiger partial charge in [-0.3, -0.25) is 24.1 Å². The van der Waals surface area contributed by atoms with Gasteiger partial charge in [0.1, 0.15) is 22.8 Å². The first-order chi connectivity index (χ1) is 18.3. The van der Waals surface area contributed by atoms with Gasteiger partial charge in [0.2, 0.25) is 5.78 Å². The molecule has 0 aliphatic heterocycles. The number of ketones is 3. The molecule has 6 N–H and O–H groups in total. The lowest BCUT2D eigenvalue weighted by atomic mass is 9.57. The molecule has 2 aromatic rings. The molecule has 39 heavy (non-hydrogen) atoms. The van der Waals surface area contributed by atoms with Crippen molar-refractivity contribution in [2.45, 2.75) is 31.4 Å². The summed E-state index contributed by atoms with van der Waals surface area (Å²) >= 11 is 0. The maximum atomic E-state index is 13.9. The van der Waals surface area contributed by atoms with Crippen LogP contribution >= 0.6 is 0 Å². The lowest BCUT2D eigenvalue weighted by Gasteiger charge is -2.50. The van der Waals surface area contributed by atoms with Gasteiger partial charge in [-0.25, -0.2) is 0 Å². The largest absolute Gasteiger partial charge is 0.508 e. The number of hydrogen-bond acceptors (Lipinski definition) is 9. The van der Waals surface area contributed by atoms with Gasteiger partial charge >= 0.3 is 0 Å². The smallest absolute Gasteiger partial charge is 0.255 e. The van der Waals surface area contributed by atoms with Crippen molar-refractivity contribution in [1.82, 2.24) is 4.90 Å². The van der Waals surface area contributed by atoms with Crippen LogP contribution in [0.1, 0.15) is 34.8 Å². The number of benzene rings is 2. The van der Waals surface area contributed by atoms with Gasteiger partial charge in [-0.15, -0.1) is 0 Å². The molecule has 5 rings (SSSR count). The molecular formula is C29H28N2O8. The monoisotopic (exact) mass is 532 g/mol. The standard InChI is InChI=1S/C29H28N2O8/c1-12(32)13-4-6-14(7-5-13)16-8-9-19(33)21-17(16)10-15-11-18-23(31(2)3)25(35)22(28(30)38)27(37)29(18,39)26(36)20(15)24(21)34/h4-9,15,18,23,33-34,37,39H,10-11H2,1-3H3,(H2,30,38)/t15-,18+,23+,29+/m1/s1. The minimum atomic E-state index is -2.68. The number of Topliss-reactive ketones (excluding diaryl/α,β-unsaturated/α-hetero) is 3. The number of nitrogens with two attached hydrogens (primary N) is 1. The van der Waals surface area contributed by atoms with Crippen molar-refractivity contribution in [2.75, 3.05) is 14.1 Å². The summed E-state index contributed by atoms with van der Waals surface area (Å²) in [6.07, 6.45) is 0.177. The summed E-state index contributed by atoms with van der Waals surface area (Å²) in [5, 5.41) is 44.7. The summed E-state index contributed by atoms with van der Waals surface area (Å²) < 4.78 is 0. The quantitative estimate of drug-likeness (QED) is 0.290. The summed E-state index contributed by atoms with van der Waals surface area (Å²) in [4.78, 5) is 52.4. The van der Waals surface area contributed by atoms with E-state index in [1.165, 1.54) is 17.9 Å². The third kappa shape index (κ3) is 3.63. The Morgan fingerprint density at radius 3 is 2.23 bits per heavy atom. The van der Waals surface area contributed by atoms with Crippen LogP contribution in [0.15, 0.2) is 53.3 Å². The Morgan fingerprint density at radius 2 is 1.67 bits per heavy atom. The molecule has 202 valence electrons. The van der Waals surface area contributed by atoms with Crippen molar-refractivity contribution in [3.8, 4) is 16.9 Å². The van der Waals surface area contributed by atoms with Crippen LogP contribution in [0.5, 0.6) is 5.75 Å². The highest BCUT2D eigenvalue weighted by Crippen LogP contribution is 2.53. The number of primary amides is 1. The van der Waals surface area contributed by atoms with Gasteiger partial charge < -0.3 is 26.2 Å². The fourth-order valence-electron chi connectivity index (χ4n) is 6.40. The Hall–Kier alpha value is -4.28. The SMILES string of the molecule is CC(=O)c1ccc(-c2ccc(O)c3c2C[C@@H]2C[C@H]4[C@H](N(C)C)C(=O)C(C(N)=O)=C(O)[C@@]4(O)C(=O)C2=C3O)cc1. The number of carbonyl (C=O) groups excluding carboxylic acids is 4. The predicted octanol–water partition coefficient (Wildman–Crippen LogP) is 1.83. The molecule has 1 amide bonds. The second-order valence-corrected chi connectivity index (χ2v) is 10.6. The van der Waals surface area contributed by atoms with Gasteiger partial charge in [-0.1, -0.05) is 30.3 Å². The second-order valence-electron chi connectivity index (χ2n) is 10.6. The van der Waals surface area contributed by atoms with Crippen LogP contribution in [0.4, 0.5) is 0 Å². The molecule has 0 unspecified atom stereocenters. The molecule has 0 radical (unpaired) electrons. The van der Waals surface area contributed by atoms with Crippen LogP contribution in [-0.4, -0.2) is 74.3 Å². The van der Waals surface area contributed by atoms with E-state index in [2.05, 4.69) is 0 Å². The van der Waals surface area contributed by atoms with Crippen molar-refractivity contribution in [1.29, 1.82) is 0 Å². The molecule has 3 aliphatic carbocycles. The van der Waals surface area contributed by atoms with Crippen molar-refractivity contribution >= 4 is 29.0 Å². The highest BCUT2D eigenvalue weighted by atomic mass is 16.3. The lowest BCUT2D eigenvalue weighted by molar-refractivity contribution is -0.153. The molecule has 2 aromatic carbocycles. The normalized spacial score (nSPS) is 26.3. The van der Waals surface area contributed by atoms with E-state index in [0.29, 0.717) is 16.7 Å². The molecule has 3 aliphatic rings. The van der Waals surface area contributed by atoms with Crippen LogP contribution in [0, 0.1) is 11.8 Å². The molecule has 4 atom stereocenters. The van der Waals surface area contributed by atoms with Gasteiger partial charge in [0.25, 0.3) is 5.91 Å². The number of fused-ring (bicyclic) bond motifs is 3. The Balaban J connectivity index is 1.71. The van der Waals surface area contributed by atoms with Gasteiger partial charge in [0.05, 0.1) is 11.6 Å². The van der Waals surface area contributed by atoms with Crippen LogP contribution in [0.2, 0.25) is 0 Å². The Labute approximate surface area is 223 Å². The Morgan fingerprint density at radius 1 is 1.03 bits per heavy atom. The van der Waals surface area contributed by atoms with Crippen molar-refractivity contribution in [3.05, 3.63) is 70.0 Å². The molecule has 1 saturated carbocycles. The van der Waals surface area contributed by atoms with Gasteiger partial charge in [-0.2, -0.15) is 0 Å². The Kier molecular flexibility index (Phi) is 6.00. The van der Waals surface area contributed by atoms with Gasteiger partial charge in [-0.05, 0) is 62.5 Å². The molecule has 10 heteroatoms. The van der Waals surface area contributed by atoms with Crippen molar-refractivity contribution in [3.63, 3.8) is 0 Å². The lowest BCUT2D eigenvalue weighted by Crippen LogP contribution is -2.65. The topological polar surface area (TPSA) is 178 Å². The number of phenolic OH excluding ortho intramolecular Hbond substituents is 1. The fourth-order valence-corrected chi connectivity index (χ4v) is 6.40.